The number of hydrogen-bond acceptors (Lipinski definition) is 4. The highest BCUT2D eigenvalue weighted by molar-refractivity contribution is 6.99. The maximum atomic E-state index is 7.10. The summed E-state index contributed by atoms with van der Waals surface area (Å²) in [5, 5.41) is 2.53. The van der Waals surface area contributed by atoms with Crippen molar-refractivity contribution < 1.29 is 9.47 Å². The fourth-order valence-electron chi connectivity index (χ4n) is 8.33. The number of nitrogens with zero attached hydrogens (tertiary/aromatic N) is 2. The monoisotopic (exact) mass is 614 g/mol. The second kappa shape index (κ2) is 9.66. The summed E-state index contributed by atoms with van der Waals surface area (Å²) in [4.78, 5) is 4.75. The molecule has 0 aromatic heterocycles. The molecule has 0 unspecified atom stereocenters. The van der Waals surface area contributed by atoms with Crippen LogP contribution in [0.2, 0.25) is 0 Å². The van der Waals surface area contributed by atoms with Crippen molar-refractivity contribution in [3.8, 4) is 23.0 Å². The summed E-state index contributed by atoms with van der Waals surface area (Å²) in [6.45, 7) is -0.0112. The van der Waals surface area contributed by atoms with Crippen molar-refractivity contribution >= 4 is 74.1 Å². The highest BCUT2D eigenvalue weighted by Crippen LogP contribution is 2.58. The fourth-order valence-corrected chi connectivity index (χ4v) is 8.33. The van der Waals surface area contributed by atoms with Crippen LogP contribution in [0, 0.1) is 0 Å². The topological polar surface area (TPSA) is 24.9 Å². The molecule has 0 N–H and O–H groups in total. The zero-order chi connectivity index (χ0) is 31.3. The van der Waals surface area contributed by atoms with Crippen LogP contribution in [0.25, 0.3) is 16.8 Å². The average Bonchev–Trinajstić information content (AvgIpc) is 3.15. The fraction of sp³-hybridized carbons (Fsp3) is 0.0233. The Balaban J connectivity index is 1.27. The van der Waals surface area contributed by atoms with E-state index in [9.17, 15) is 0 Å². The van der Waals surface area contributed by atoms with Crippen LogP contribution in [0.3, 0.4) is 0 Å². The molecule has 3 aliphatic heterocycles. The molecule has 3 heterocycles. The number of ether oxygens (including phenoxy) is 2. The lowest BCUT2D eigenvalue weighted by atomic mass is 9.34. The summed E-state index contributed by atoms with van der Waals surface area (Å²) in [7, 11) is 0. The van der Waals surface area contributed by atoms with Gasteiger partial charge in [-0.2, -0.15) is 0 Å². The lowest BCUT2D eigenvalue weighted by molar-refractivity contribution is 0.469. The van der Waals surface area contributed by atoms with Crippen molar-refractivity contribution in [2.24, 2.45) is 0 Å². The van der Waals surface area contributed by atoms with E-state index >= 15 is 0 Å². The SMILES string of the molecule is C1=Cc2ccc(N3c4ccccc4Oc4c3cc3c5c4N(c4ccccc4)c4ccccc4B5c4ccccc4O3)c3cccc(c23)C1. The molecule has 0 radical (unpaired) electrons. The molecule has 48 heavy (non-hydrogen) atoms. The van der Waals surface area contributed by atoms with Crippen LogP contribution in [0.1, 0.15) is 11.1 Å². The minimum atomic E-state index is -0.0112. The molecular weight excluding hydrogens is 587 g/mol. The predicted octanol–water partition coefficient (Wildman–Crippen LogP) is 9.39. The molecule has 0 fully saturated rings. The van der Waals surface area contributed by atoms with Crippen LogP contribution in [0.15, 0.2) is 146 Å². The first-order chi connectivity index (χ1) is 23.8. The molecule has 0 atom stereocenters. The van der Waals surface area contributed by atoms with Gasteiger partial charge in [0, 0.05) is 28.3 Å². The Kier molecular flexibility index (Phi) is 5.22. The lowest BCUT2D eigenvalue weighted by Gasteiger charge is -2.43. The standard InChI is InChI=1S/C43H27BN2O2/c1-2-15-29(16-3-1)45-34-20-6-4-18-31(34)44-32-19-5-8-22-37(32)47-39-26-36-43(42(45)41(39)44)48-38-23-9-7-21-35(38)46(36)33-25-24-28-13-10-12-27-14-11-17-30(33)40(27)28/h1-11,13-26H,12H2. The minimum Gasteiger partial charge on any atom is -0.458 e. The smallest absolute Gasteiger partial charge is 0.256 e. The van der Waals surface area contributed by atoms with Gasteiger partial charge >= 0.3 is 0 Å². The summed E-state index contributed by atoms with van der Waals surface area (Å²) in [5.41, 5.74) is 12.4. The molecule has 0 spiro atoms. The molecule has 5 heteroatoms. The molecular formula is C43H27BN2O2. The summed E-state index contributed by atoms with van der Waals surface area (Å²) < 4.78 is 14.0. The molecule has 0 saturated heterocycles. The van der Waals surface area contributed by atoms with Gasteiger partial charge in [0.15, 0.2) is 11.5 Å². The molecule has 11 rings (SSSR count). The molecule has 7 aromatic rings. The Morgan fingerprint density at radius 2 is 1.31 bits per heavy atom. The van der Waals surface area contributed by atoms with Crippen LogP contribution in [0.5, 0.6) is 23.0 Å². The van der Waals surface area contributed by atoms with E-state index in [1.54, 1.807) is 0 Å². The normalized spacial score (nSPS) is 14.3. The average molecular weight is 615 g/mol. The van der Waals surface area contributed by atoms with Crippen LogP contribution in [0.4, 0.5) is 34.1 Å². The van der Waals surface area contributed by atoms with Crippen LogP contribution < -0.4 is 35.7 Å². The van der Waals surface area contributed by atoms with E-state index in [0.717, 1.165) is 74.5 Å². The molecule has 0 amide bonds. The van der Waals surface area contributed by atoms with E-state index in [-0.39, 0.29) is 6.71 Å². The maximum absolute atomic E-state index is 7.10. The molecule has 0 bridgehead atoms. The zero-order valence-corrected chi connectivity index (χ0v) is 25.9. The summed E-state index contributed by atoms with van der Waals surface area (Å²) in [6, 6.07) is 49.7. The number of anilines is 6. The first-order valence-corrected chi connectivity index (χ1v) is 16.5. The van der Waals surface area contributed by atoms with E-state index in [1.807, 2.05) is 0 Å². The van der Waals surface area contributed by atoms with Gasteiger partial charge in [-0.25, -0.2) is 0 Å². The number of hydrogen-bond donors (Lipinski definition) is 0. The molecule has 4 aliphatic rings. The van der Waals surface area contributed by atoms with Gasteiger partial charge < -0.3 is 19.3 Å². The van der Waals surface area contributed by atoms with E-state index in [2.05, 4.69) is 161 Å². The van der Waals surface area contributed by atoms with E-state index < -0.39 is 0 Å². The lowest BCUT2D eigenvalue weighted by Crippen LogP contribution is -2.59. The Morgan fingerprint density at radius 1 is 0.542 bits per heavy atom. The number of fused-ring (bicyclic) bond motifs is 7. The second-order valence-electron chi connectivity index (χ2n) is 12.8. The predicted molar refractivity (Wildman–Crippen MR) is 197 cm³/mol. The van der Waals surface area contributed by atoms with Gasteiger partial charge in [0.1, 0.15) is 11.5 Å². The number of rotatable bonds is 2. The number of para-hydroxylation sites is 5. The highest BCUT2D eigenvalue weighted by Gasteiger charge is 2.46. The first kappa shape index (κ1) is 25.9. The third kappa shape index (κ3) is 3.45. The van der Waals surface area contributed by atoms with Gasteiger partial charge in [-0.1, -0.05) is 103 Å². The Bertz CT molecular complexity index is 2520. The van der Waals surface area contributed by atoms with Gasteiger partial charge in [0.25, 0.3) is 6.71 Å². The number of allylic oxidation sites excluding steroid dienone is 1. The van der Waals surface area contributed by atoms with Crippen molar-refractivity contribution in [3.05, 3.63) is 157 Å². The Morgan fingerprint density at radius 3 is 2.21 bits per heavy atom. The van der Waals surface area contributed by atoms with Gasteiger partial charge in [0.05, 0.1) is 22.7 Å². The van der Waals surface area contributed by atoms with E-state index in [4.69, 9.17) is 9.47 Å². The summed E-state index contributed by atoms with van der Waals surface area (Å²) >= 11 is 0. The molecule has 7 aromatic carbocycles. The molecule has 1 aliphatic carbocycles. The molecule has 224 valence electrons. The second-order valence-corrected chi connectivity index (χ2v) is 12.8. The quantitative estimate of drug-likeness (QED) is 0.181. The van der Waals surface area contributed by atoms with E-state index in [1.165, 1.54) is 27.4 Å². The van der Waals surface area contributed by atoms with Crippen molar-refractivity contribution in [2.75, 3.05) is 9.80 Å². The van der Waals surface area contributed by atoms with Crippen LogP contribution >= 0.6 is 0 Å². The third-order valence-corrected chi connectivity index (χ3v) is 10.3. The largest absolute Gasteiger partial charge is 0.458 e. The molecule has 0 saturated carbocycles. The van der Waals surface area contributed by atoms with Gasteiger partial charge in [-0.05, 0) is 76.3 Å². The molecule has 4 nitrogen and oxygen atoms in total. The summed E-state index contributed by atoms with van der Waals surface area (Å²) in [5.74, 6) is 3.38. The van der Waals surface area contributed by atoms with Gasteiger partial charge in [-0.15, -0.1) is 0 Å². The zero-order valence-electron chi connectivity index (χ0n) is 25.9. The van der Waals surface area contributed by atoms with Crippen molar-refractivity contribution in [1.82, 2.24) is 0 Å². The van der Waals surface area contributed by atoms with Crippen LogP contribution in [-0.2, 0) is 6.42 Å². The maximum Gasteiger partial charge on any atom is 0.256 e. The van der Waals surface area contributed by atoms with Crippen molar-refractivity contribution in [2.45, 2.75) is 6.42 Å². The van der Waals surface area contributed by atoms with Crippen molar-refractivity contribution in [3.63, 3.8) is 0 Å². The summed E-state index contributed by atoms with van der Waals surface area (Å²) in [6.07, 6.45) is 5.44. The van der Waals surface area contributed by atoms with Crippen LogP contribution in [-0.4, -0.2) is 6.71 Å². The Hall–Kier alpha value is -6.20. The Labute approximate surface area is 278 Å². The van der Waals surface area contributed by atoms with Gasteiger partial charge in [0.2, 0.25) is 0 Å². The van der Waals surface area contributed by atoms with Gasteiger partial charge in [-0.3, -0.25) is 0 Å². The minimum absolute atomic E-state index is 0.0112. The third-order valence-electron chi connectivity index (χ3n) is 10.3. The first-order valence-electron chi connectivity index (χ1n) is 16.5. The highest BCUT2D eigenvalue weighted by atomic mass is 16.5. The van der Waals surface area contributed by atoms with E-state index in [0.29, 0.717) is 0 Å². The van der Waals surface area contributed by atoms with Crippen molar-refractivity contribution in [1.29, 1.82) is 0 Å². The number of benzene rings is 7.